The van der Waals surface area contributed by atoms with Gasteiger partial charge in [0.25, 0.3) is 5.91 Å². The molecular weight excluding hydrogens is 290 g/mol. The maximum Gasteiger partial charge on any atom is 0.257 e. The quantitative estimate of drug-likeness (QED) is 0.874. The third-order valence-corrected chi connectivity index (χ3v) is 5.13. The van der Waals surface area contributed by atoms with Crippen molar-refractivity contribution in [3.8, 4) is 0 Å². The molecule has 0 aromatic carbocycles. The van der Waals surface area contributed by atoms with Crippen molar-refractivity contribution in [3.63, 3.8) is 0 Å². The monoisotopic (exact) mass is 311 g/mol. The molecule has 2 aliphatic heterocycles. The van der Waals surface area contributed by atoms with E-state index >= 15 is 0 Å². The highest BCUT2D eigenvalue weighted by Gasteiger charge is 2.44. The SMILES string of the molecule is Cc1occc1C(=O)N1CC[C@H]2[C@H]1CCN2Cc1ccccn1. The van der Waals surface area contributed by atoms with Crippen LogP contribution in [0.3, 0.4) is 0 Å². The lowest BCUT2D eigenvalue weighted by atomic mass is 10.1. The smallest absolute Gasteiger partial charge is 0.257 e. The van der Waals surface area contributed by atoms with Gasteiger partial charge in [0.05, 0.1) is 17.5 Å². The number of carbonyl (C=O) groups is 1. The van der Waals surface area contributed by atoms with Crippen molar-refractivity contribution >= 4 is 5.91 Å². The summed E-state index contributed by atoms with van der Waals surface area (Å²) in [6, 6.07) is 8.60. The van der Waals surface area contributed by atoms with Crippen molar-refractivity contribution in [1.82, 2.24) is 14.8 Å². The summed E-state index contributed by atoms with van der Waals surface area (Å²) in [7, 11) is 0. The van der Waals surface area contributed by atoms with Gasteiger partial charge < -0.3 is 9.32 Å². The van der Waals surface area contributed by atoms with E-state index in [4.69, 9.17) is 4.42 Å². The summed E-state index contributed by atoms with van der Waals surface area (Å²) in [5.41, 5.74) is 1.80. The maximum absolute atomic E-state index is 12.8. The Morgan fingerprint density at radius 1 is 1.26 bits per heavy atom. The number of hydrogen-bond acceptors (Lipinski definition) is 4. The van der Waals surface area contributed by atoms with E-state index in [0.717, 1.165) is 38.2 Å². The van der Waals surface area contributed by atoms with Crippen LogP contribution < -0.4 is 0 Å². The molecule has 2 aromatic heterocycles. The lowest BCUT2D eigenvalue weighted by Crippen LogP contribution is -2.39. The molecule has 23 heavy (non-hydrogen) atoms. The Kier molecular flexibility index (Phi) is 3.65. The van der Waals surface area contributed by atoms with E-state index in [1.807, 2.05) is 30.2 Å². The Labute approximate surface area is 135 Å². The molecule has 4 rings (SSSR count). The second-order valence-electron chi connectivity index (χ2n) is 6.39. The van der Waals surface area contributed by atoms with Crippen molar-refractivity contribution in [2.75, 3.05) is 13.1 Å². The van der Waals surface area contributed by atoms with E-state index in [0.29, 0.717) is 23.4 Å². The molecule has 2 atom stereocenters. The summed E-state index contributed by atoms with van der Waals surface area (Å²) in [5.74, 6) is 0.824. The van der Waals surface area contributed by atoms with Crippen LogP contribution in [0.4, 0.5) is 0 Å². The fourth-order valence-electron chi connectivity index (χ4n) is 3.99. The van der Waals surface area contributed by atoms with E-state index in [1.165, 1.54) is 0 Å². The number of carbonyl (C=O) groups excluding carboxylic acids is 1. The topological polar surface area (TPSA) is 49.6 Å². The number of likely N-dealkylation sites (tertiary alicyclic amines) is 2. The molecule has 5 nitrogen and oxygen atoms in total. The minimum atomic E-state index is 0.114. The van der Waals surface area contributed by atoms with Gasteiger partial charge in [-0.3, -0.25) is 14.7 Å². The second kappa shape index (κ2) is 5.81. The van der Waals surface area contributed by atoms with Crippen LogP contribution in [0.2, 0.25) is 0 Å². The number of aromatic nitrogens is 1. The zero-order chi connectivity index (χ0) is 15.8. The van der Waals surface area contributed by atoms with Crippen LogP contribution in [0, 0.1) is 6.92 Å². The highest BCUT2D eigenvalue weighted by atomic mass is 16.3. The average Bonchev–Trinajstić information content (AvgIpc) is 3.25. The van der Waals surface area contributed by atoms with Crippen molar-refractivity contribution < 1.29 is 9.21 Å². The zero-order valence-corrected chi connectivity index (χ0v) is 13.3. The number of furan rings is 1. The van der Waals surface area contributed by atoms with Gasteiger partial charge in [-0.15, -0.1) is 0 Å². The summed E-state index contributed by atoms with van der Waals surface area (Å²) >= 11 is 0. The summed E-state index contributed by atoms with van der Waals surface area (Å²) in [6.45, 7) is 4.58. The van der Waals surface area contributed by atoms with Crippen molar-refractivity contribution in [2.45, 2.75) is 38.4 Å². The van der Waals surface area contributed by atoms with Crippen LogP contribution in [0.5, 0.6) is 0 Å². The predicted octanol–water partition coefficient (Wildman–Crippen LogP) is 2.47. The number of aryl methyl sites for hydroxylation is 1. The molecule has 1 amide bonds. The lowest BCUT2D eigenvalue weighted by Gasteiger charge is -2.25. The van der Waals surface area contributed by atoms with Crippen LogP contribution in [0.15, 0.2) is 41.1 Å². The molecule has 0 N–H and O–H groups in total. The van der Waals surface area contributed by atoms with Gasteiger partial charge in [-0.2, -0.15) is 0 Å². The number of pyridine rings is 1. The lowest BCUT2D eigenvalue weighted by molar-refractivity contribution is 0.0730. The van der Waals surface area contributed by atoms with Gasteiger partial charge in [-0.05, 0) is 38.0 Å². The minimum Gasteiger partial charge on any atom is -0.469 e. The van der Waals surface area contributed by atoms with Crippen LogP contribution in [0.25, 0.3) is 0 Å². The molecule has 2 aromatic rings. The summed E-state index contributed by atoms with van der Waals surface area (Å²) in [6.07, 6.45) is 5.52. The van der Waals surface area contributed by atoms with E-state index in [1.54, 1.807) is 12.3 Å². The molecule has 0 spiro atoms. The Balaban J connectivity index is 1.48. The van der Waals surface area contributed by atoms with Crippen LogP contribution in [-0.4, -0.2) is 45.9 Å². The molecule has 2 aliphatic rings. The maximum atomic E-state index is 12.8. The van der Waals surface area contributed by atoms with Crippen molar-refractivity contribution in [2.24, 2.45) is 0 Å². The van der Waals surface area contributed by atoms with Gasteiger partial charge in [-0.1, -0.05) is 6.07 Å². The van der Waals surface area contributed by atoms with E-state index < -0.39 is 0 Å². The minimum absolute atomic E-state index is 0.114. The first-order valence-electron chi connectivity index (χ1n) is 8.23. The standard InChI is InChI=1S/C18H21N3O2/c1-13-15(7-11-23-13)18(22)21-10-6-16-17(21)5-9-20(16)12-14-4-2-3-8-19-14/h2-4,7-8,11,16-17H,5-6,9-10,12H2,1H3/t16-,17+/m0/s1. The summed E-state index contributed by atoms with van der Waals surface area (Å²) in [4.78, 5) is 21.7. The molecule has 5 heteroatoms. The number of fused-ring (bicyclic) bond motifs is 1. The number of nitrogens with zero attached hydrogens (tertiary/aromatic N) is 3. The summed E-state index contributed by atoms with van der Waals surface area (Å²) < 4.78 is 5.29. The summed E-state index contributed by atoms with van der Waals surface area (Å²) in [5, 5.41) is 0. The van der Waals surface area contributed by atoms with Gasteiger partial charge in [-0.25, -0.2) is 0 Å². The fourth-order valence-corrected chi connectivity index (χ4v) is 3.99. The Hall–Kier alpha value is -2.14. The number of hydrogen-bond donors (Lipinski definition) is 0. The van der Waals surface area contributed by atoms with E-state index in [2.05, 4.69) is 16.0 Å². The molecule has 2 saturated heterocycles. The van der Waals surface area contributed by atoms with E-state index in [9.17, 15) is 4.79 Å². The molecule has 0 unspecified atom stereocenters. The molecule has 0 saturated carbocycles. The third kappa shape index (κ3) is 2.55. The Morgan fingerprint density at radius 3 is 2.87 bits per heavy atom. The van der Waals surface area contributed by atoms with Gasteiger partial charge in [0.15, 0.2) is 0 Å². The highest BCUT2D eigenvalue weighted by Crippen LogP contribution is 2.33. The molecule has 2 fully saturated rings. The number of amides is 1. The first-order chi connectivity index (χ1) is 11.2. The van der Waals surface area contributed by atoms with Crippen LogP contribution in [0.1, 0.15) is 34.7 Å². The molecular formula is C18H21N3O2. The average molecular weight is 311 g/mol. The van der Waals surface area contributed by atoms with Crippen molar-refractivity contribution in [3.05, 3.63) is 53.7 Å². The molecule has 0 bridgehead atoms. The normalized spacial score (nSPS) is 24.1. The van der Waals surface area contributed by atoms with Gasteiger partial charge >= 0.3 is 0 Å². The third-order valence-electron chi connectivity index (χ3n) is 5.13. The largest absolute Gasteiger partial charge is 0.469 e. The fraction of sp³-hybridized carbons (Fsp3) is 0.444. The van der Waals surface area contributed by atoms with Gasteiger partial charge in [0.1, 0.15) is 5.76 Å². The molecule has 0 aliphatic carbocycles. The highest BCUT2D eigenvalue weighted by molar-refractivity contribution is 5.95. The number of rotatable bonds is 3. The van der Waals surface area contributed by atoms with Gasteiger partial charge in [0.2, 0.25) is 0 Å². The molecule has 0 radical (unpaired) electrons. The predicted molar refractivity (Wildman–Crippen MR) is 85.9 cm³/mol. The van der Waals surface area contributed by atoms with Crippen LogP contribution in [-0.2, 0) is 6.54 Å². The Morgan fingerprint density at radius 2 is 2.13 bits per heavy atom. The van der Waals surface area contributed by atoms with Crippen LogP contribution >= 0.6 is 0 Å². The molecule has 4 heterocycles. The molecule has 120 valence electrons. The van der Waals surface area contributed by atoms with Gasteiger partial charge in [0, 0.05) is 37.9 Å². The van der Waals surface area contributed by atoms with E-state index in [-0.39, 0.29) is 5.91 Å². The second-order valence-corrected chi connectivity index (χ2v) is 6.39. The van der Waals surface area contributed by atoms with Crippen molar-refractivity contribution in [1.29, 1.82) is 0 Å². The Bertz CT molecular complexity index is 697. The zero-order valence-electron chi connectivity index (χ0n) is 13.3. The first-order valence-corrected chi connectivity index (χ1v) is 8.23. The first kappa shape index (κ1) is 14.5.